The molecule has 3 nitrogen and oxygen atoms in total. The summed E-state index contributed by atoms with van der Waals surface area (Å²) in [7, 11) is 2.17. The molecule has 0 amide bonds. The van der Waals surface area contributed by atoms with Crippen LogP contribution in [0.3, 0.4) is 0 Å². The van der Waals surface area contributed by atoms with Crippen LogP contribution in [0.15, 0.2) is 18.2 Å². The summed E-state index contributed by atoms with van der Waals surface area (Å²) < 4.78 is 0. The molecule has 0 aliphatic carbocycles. The van der Waals surface area contributed by atoms with Crippen LogP contribution in [-0.4, -0.2) is 42.7 Å². The van der Waals surface area contributed by atoms with Gasteiger partial charge in [-0.25, -0.2) is 0 Å². The number of anilines is 1. The maximum Gasteiger partial charge on any atom is 0.0702 e. The Bertz CT molecular complexity index is 392. The van der Waals surface area contributed by atoms with Gasteiger partial charge in [0.25, 0.3) is 0 Å². The molecular weight excluding hydrogens is 212 g/mol. The van der Waals surface area contributed by atoms with Gasteiger partial charge in [0.15, 0.2) is 0 Å². The standard InChI is InChI=1S/C14H22N2O/c1-11-4-5-14(13(8-11)10-17)16-7-6-15(3)12(2)9-16/h4-5,8,12,17H,6-7,9-10H2,1-3H3. The van der Waals surface area contributed by atoms with Gasteiger partial charge in [-0.1, -0.05) is 17.7 Å². The highest BCUT2D eigenvalue weighted by atomic mass is 16.3. The molecule has 1 heterocycles. The van der Waals surface area contributed by atoms with Crippen molar-refractivity contribution in [2.75, 3.05) is 31.6 Å². The molecule has 2 rings (SSSR count). The summed E-state index contributed by atoms with van der Waals surface area (Å²) in [5, 5.41) is 9.45. The maximum atomic E-state index is 9.45. The second kappa shape index (κ2) is 5.07. The lowest BCUT2D eigenvalue weighted by Crippen LogP contribution is -2.50. The minimum atomic E-state index is 0.123. The number of hydrogen-bond acceptors (Lipinski definition) is 3. The number of nitrogens with zero attached hydrogens (tertiary/aromatic N) is 2. The van der Waals surface area contributed by atoms with Gasteiger partial charge in [0.05, 0.1) is 6.61 Å². The Hall–Kier alpha value is -1.06. The van der Waals surface area contributed by atoms with Crippen LogP contribution in [0, 0.1) is 6.92 Å². The zero-order valence-electron chi connectivity index (χ0n) is 11.0. The summed E-state index contributed by atoms with van der Waals surface area (Å²) in [5.74, 6) is 0. The van der Waals surface area contributed by atoms with Crippen LogP contribution in [-0.2, 0) is 6.61 Å². The third-order valence-corrected chi connectivity index (χ3v) is 3.71. The van der Waals surface area contributed by atoms with Gasteiger partial charge in [-0.3, -0.25) is 0 Å². The van der Waals surface area contributed by atoms with Crippen molar-refractivity contribution < 1.29 is 5.11 Å². The van der Waals surface area contributed by atoms with E-state index >= 15 is 0 Å². The number of aliphatic hydroxyl groups excluding tert-OH is 1. The van der Waals surface area contributed by atoms with Crippen molar-refractivity contribution in [2.45, 2.75) is 26.5 Å². The molecule has 1 atom stereocenters. The maximum absolute atomic E-state index is 9.45. The lowest BCUT2D eigenvalue weighted by molar-refractivity contribution is 0.233. The molecular formula is C14H22N2O. The van der Waals surface area contributed by atoms with Gasteiger partial charge in [0, 0.05) is 36.9 Å². The third-order valence-electron chi connectivity index (χ3n) is 3.71. The van der Waals surface area contributed by atoms with Crippen LogP contribution in [0.5, 0.6) is 0 Å². The number of likely N-dealkylation sites (N-methyl/N-ethyl adjacent to an activating group) is 1. The zero-order valence-corrected chi connectivity index (χ0v) is 11.0. The SMILES string of the molecule is Cc1ccc(N2CCN(C)C(C)C2)c(CO)c1. The lowest BCUT2D eigenvalue weighted by Gasteiger charge is -2.39. The first-order chi connectivity index (χ1) is 8.11. The molecule has 0 bridgehead atoms. The smallest absolute Gasteiger partial charge is 0.0702 e. The molecule has 1 fully saturated rings. The Morgan fingerprint density at radius 1 is 1.35 bits per heavy atom. The highest BCUT2D eigenvalue weighted by molar-refractivity contribution is 5.55. The van der Waals surface area contributed by atoms with E-state index in [0.29, 0.717) is 6.04 Å². The fourth-order valence-corrected chi connectivity index (χ4v) is 2.42. The van der Waals surface area contributed by atoms with Crippen LogP contribution in [0.1, 0.15) is 18.1 Å². The fraction of sp³-hybridized carbons (Fsp3) is 0.571. The predicted molar refractivity (Wildman–Crippen MR) is 71.4 cm³/mol. The van der Waals surface area contributed by atoms with Gasteiger partial charge in [-0.2, -0.15) is 0 Å². The molecule has 1 aliphatic rings. The van der Waals surface area contributed by atoms with Crippen LogP contribution in [0.4, 0.5) is 5.69 Å². The zero-order chi connectivity index (χ0) is 12.4. The van der Waals surface area contributed by atoms with Crippen LogP contribution < -0.4 is 4.90 Å². The van der Waals surface area contributed by atoms with Gasteiger partial charge in [-0.05, 0) is 27.0 Å². The number of aliphatic hydroxyl groups is 1. The first-order valence-electron chi connectivity index (χ1n) is 6.27. The average molecular weight is 234 g/mol. The summed E-state index contributed by atoms with van der Waals surface area (Å²) in [4.78, 5) is 4.76. The average Bonchev–Trinajstić information content (AvgIpc) is 2.32. The molecule has 0 saturated carbocycles. The topological polar surface area (TPSA) is 26.7 Å². The molecule has 1 aromatic rings. The quantitative estimate of drug-likeness (QED) is 0.842. The molecule has 17 heavy (non-hydrogen) atoms. The molecule has 1 aliphatic heterocycles. The largest absolute Gasteiger partial charge is 0.392 e. The Labute approximate surface area is 104 Å². The first-order valence-corrected chi connectivity index (χ1v) is 6.27. The summed E-state index contributed by atoms with van der Waals surface area (Å²) in [5.41, 5.74) is 3.44. The van der Waals surface area contributed by atoms with E-state index < -0.39 is 0 Å². The molecule has 1 N–H and O–H groups in total. The Kier molecular flexibility index (Phi) is 3.69. The molecule has 0 aromatic heterocycles. The van der Waals surface area contributed by atoms with Gasteiger partial charge in [0.2, 0.25) is 0 Å². The Morgan fingerprint density at radius 2 is 2.12 bits per heavy atom. The minimum Gasteiger partial charge on any atom is -0.392 e. The monoisotopic (exact) mass is 234 g/mol. The van der Waals surface area contributed by atoms with Gasteiger partial charge in [-0.15, -0.1) is 0 Å². The number of benzene rings is 1. The van der Waals surface area contributed by atoms with E-state index in [9.17, 15) is 5.11 Å². The van der Waals surface area contributed by atoms with Crippen molar-refractivity contribution in [1.82, 2.24) is 4.90 Å². The van der Waals surface area contributed by atoms with Crippen molar-refractivity contribution >= 4 is 5.69 Å². The van der Waals surface area contributed by atoms with Crippen molar-refractivity contribution in [3.05, 3.63) is 29.3 Å². The predicted octanol–water partition coefficient (Wildman–Crippen LogP) is 1.63. The summed E-state index contributed by atoms with van der Waals surface area (Å²) in [6.45, 7) is 7.59. The van der Waals surface area contributed by atoms with Crippen LogP contribution in [0.2, 0.25) is 0 Å². The van der Waals surface area contributed by atoms with Crippen LogP contribution in [0.25, 0.3) is 0 Å². The second-order valence-corrected chi connectivity index (χ2v) is 5.07. The van der Waals surface area contributed by atoms with Gasteiger partial charge >= 0.3 is 0 Å². The van der Waals surface area contributed by atoms with Crippen molar-refractivity contribution in [3.63, 3.8) is 0 Å². The number of hydrogen-bond donors (Lipinski definition) is 1. The molecule has 1 aromatic carbocycles. The van der Waals surface area contributed by atoms with E-state index in [4.69, 9.17) is 0 Å². The third kappa shape index (κ3) is 2.61. The van der Waals surface area contributed by atoms with Crippen LogP contribution >= 0.6 is 0 Å². The van der Waals surface area contributed by atoms with E-state index in [1.165, 1.54) is 11.3 Å². The highest BCUT2D eigenvalue weighted by Gasteiger charge is 2.22. The van der Waals surface area contributed by atoms with E-state index in [1.54, 1.807) is 0 Å². The van der Waals surface area contributed by atoms with Gasteiger partial charge < -0.3 is 14.9 Å². The Balaban J connectivity index is 2.22. The van der Waals surface area contributed by atoms with Crippen molar-refractivity contribution in [1.29, 1.82) is 0 Å². The van der Waals surface area contributed by atoms with E-state index in [1.807, 2.05) is 0 Å². The molecule has 0 radical (unpaired) electrons. The lowest BCUT2D eigenvalue weighted by atomic mass is 10.1. The van der Waals surface area contributed by atoms with E-state index in [0.717, 1.165) is 25.2 Å². The van der Waals surface area contributed by atoms with E-state index in [-0.39, 0.29) is 6.61 Å². The summed E-state index contributed by atoms with van der Waals surface area (Å²) in [6, 6.07) is 6.91. The molecule has 3 heteroatoms. The number of piperazine rings is 1. The normalized spacial score (nSPS) is 21.9. The summed E-state index contributed by atoms with van der Waals surface area (Å²) >= 11 is 0. The molecule has 1 unspecified atom stereocenters. The van der Waals surface area contributed by atoms with Crippen molar-refractivity contribution in [3.8, 4) is 0 Å². The first kappa shape index (κ1) is 12.4. The highest BCUT2D eigenvalue weighted by Crippen LogP contribution is 2.24. The number of aryl methyl sites for hydroxylation is 1. The van der Waals surface area contributed by atoms with Crippen molar-refractivity contribution in [2.24, 2.45) is 0 Å². The molecule has 94 valence electrons. The molecule has 0 spiro atoms. The van der Waals surface area contributed by atoms with Gasteiger partial charge in [0.1, 0.15) is 0 Å². The molecule has 1 saturated heterocycles. The number of rotatable bonds is 2. The van der Waals surface area contributed by atoms with E-state index in [2.05, 4.69) is 48.9 Å². The fourth-order valence-electron chi connectivity index (χ4n) is 2.42. The second-order valence-electron chi connectivity index (χ2n) is 5.07. The minimum absolute atomic E-state index is 0.123. The summed E-state index contributed by atoms with van der Waals surface area (Å²) in [6.07, 6.45) is 0. The Morgan fingerprint density at radius 3 is 2.76 bits per heavy atom.